The normalized spacial score (nSPS) is 10.7. The Morgan fingerprint density at radius 2 is 1.70 bits per heavy atom. The molecule has 0 aliphatic rings. The van der Waals surface area contributed by atoms with Crippen LogP contribution in [0.15, 0.2) is 54.9 Å². The quantitative estimate of drug-likeness (QED) is 0.290. The van der Waals surface area contributed by atoms with E-state index in [0.29, 0.717) is 0 Å². The first-order valence-corrected chi connectivity index (χ1v) is 7.36. The van der Waals surface area contributed by atoms with E-state index in [2.05, 4.69) is 66.3 Å². The molecule has 0 unspecified atom stereocenters. The summed E-state index contributed by atoms with van der Waals surface area (Å²) in [6.45, 7) is 4.15. The Hall–Kier alpha value is -2.09. The minimum atomic E-state index is 0. The van der Waals surface area contributed by atoms with Crippen LogP contribution in [0.4, 0.5) is 0 Å². The van der Waals surface area contributed by atoms with Crippen LogP contribution in [0.3, 0.4) is 0 Å². The van der Waals surface area contributed by atoms with Gasteiger partial charge in [-0.1, -0.05) is 19.1 Å². The first-order valence-electron chi connectivity index (χ1n) is 7.36. The molecule has 1 radical (unpaired) electrons. The minimum Gasteiger partial charge on any atom is -0.304 e. The standard InChI is InChI=1S/C20H15N2.Ir/c1-13-4-3-5-16(12-13)20-18-7-6-15-8-10-21-14(2)19(15)17(18)9-11-22-20;/h3-4,6-12H,1-2H3;/q-1;. The molecule has 0 spiro atoms. The van der Waals surface area contributed by atoms with E-state index in [9.17, 15) is 0 Å². The smallest absolute Gasteiger partial charge is 0.0456 e. The molecule has 0 saturated carbocycles. The maximum Gasteiger partial charge on any atom is 0.0456 e. The SMILES string of the molecule is Cc1cc[c-]c(-c2nccc3c2ccc2ccnc(C)c23)c1.[Ir]. The number of hydrogen-bond donors (Lipinski definition) is 0. The van der Waals surface area contributed by atoms with E-state index < -0.39 is 0 Å². The van der Waals surface area contributed by atoms with Gasteiger partial charge in [0.1, 0.15) is 0 Å². The molecular weight excluding hydrogens is 460 g/mol. The van der Waals surface area contributed by atoms with Crippen molar-refractivity contribution in [1.29, 1.82) is 0 Å². The second-order valence-corrected chi connectivity index (χ2v) is 5.59. The van der Waals surface area contributed by atoms with Gasteiger partial charge in [-0.25, -0.2) is 0 Å². The molecule has 4 rings (SSSR count). The fourth-order valence-corrected chi connectivity index (χ4v) is 3.04. The van der Waals surface area contributed by atoms with E-state index in [-0.39, 0.29) is 20.1 Å². The van der Waals surface area contributed by atoms with Crippen LogP contribution in [0.1, 0.15) is 11.3 Å². The Morgan fingerprint density at radius 3 is 2.52 bits per heavy atom. The topological polar surface area (TPSA) is 25.8 Å². The zero-order valence-electron chi connectivity index (χ0n) is 12.9. The van der Waals surface area contributed by atoms with Crippen LogP contribution in [-0.4, -0.2) is 9.97 Å². The van der Waals surface area contributed by atoms with E-state index in [1.54, 1.807) is 0 Å². The number of rotatable bonds is 1. The molecule has 0 aliphatic carbocycles. The van der Waals surface area contributed by atoms with Gasteiger partial charge in [0.15, 0.2) is 0 Å². The van der Waals surface area contributed by atoms with E-state index in [4.69, 9.17) is 0 Å². The average molecular weight is 476 g/mol. The minimum absolute atomic E-state index is 0. The van der Waals surface area contributed by atoms with Gasteiger partial charge in [-0.3, -0.25) is 4.98 Å². The van der Waals surface area contributed by atoms with Gasteiger partial charge in [0.05, 0.1) is 0 Å². The summed E-state index contributed by atoms with van der Waals surface area (Å²) in [5.74, 6) is 0. The van der Waals surface area contributed by atoms with Crippen molar-refractivity contribution in [2.75, 3.05) is 0 Å². The van der Waals surface area contributed by atoms with Crippen LogP contribution in [0, 0.1) is 19.9 Å². The van der Waals surface area contributed by atoms with Crippen LogP contribution in [0.2, 0.25) is 0 Å². The van der Waals surface area contributed by atoms with Gasteiger partial charge in [0, 0.05) is 43.6 Å². The average Bonchev–Trinajstić information content (AvgIpc) is 2.54. The third-order valence-electron chi connectivity index (χ3n) is 4.07. The van der Waals surface area contributed by atoms with Gasteiger partial charge in [-0.05, 0) is 40.9 Å². The summed E-state index contributed by atoms with van der Waals surface area (Å²) in [6.07, 6.45) is 3.74. The first-order chi connectivity index (χ1) is 10.7. The number of pyridine rings is 2. The summed E-state index contributed by atoms with van der Waals surface area (Å²) in [5, 5.41) is 4.76. The number of aromatic nitrogens is 2. The van der Waals surface area contributed by atoms with E-state index >= 15 is 0 Å². The van der Waals surface area contributed by atoms with Gasteiger partial charge < -0.3 is 4.98 Å². The fourth-order valence-electron chi connectivity index (χ4n) is 3.04. The van der Waals surface area contributed by atoms with Crippen LogP contribution < -0.4 is 0 Å². The van der Waals surface area contributed by atoms with Crippen LogP contribution in [-0.2, 0) is 20.1 Å². The Kier molecular flexibility index (Phi) is 4.25. The van der Waals surface area contributed by atoms with Crippen molar-refractivity contribution in [3.8, 4) is 11.3 Å². The molecule has 2 aromatic carbocycles. The number of nitrogens with zero attached hydrogens (tertiary/aromatic N) is 2. The third kappa shape index (κ3) is 2.67. The Labute approximate surface area is 148 Å². The number of hydrogen-bond acceptors (Lipinski definition) is 2. The van der Waals surface area contributed by atoms with Gasteiger partial charge >= 0.3 is 0 Å². The number of aryl methyl sites for hydroxylation is 2. The summed E-state index contributed by atoms with van der Waals surface area (Å²) >= 11 is 0. The largest absolute Gasteiger partial charge is 0.304 e. The van der Waals surface area contributed by atoms with Crippen molar-refractivity contribution in [3.63, 3.8) is 0 Å². The Morgan fingerprint density at radius 1 is 0.870 bits per heavy atom. The molecule has 0 N–H and O–H groups in total. The predicted molar refractivity (Wildman–Crippen MR) is 90.8 cm³/mol. The summed E-state index contributed by atoms with van der Waals surface area (Å²) in [6, 6.07) is 17.9. The molecular formula is C20H15IrN2-. The first kappa shape index (κ1) is 15.8. The molecule has 2 heterocycles. The molecule has 2 nitrogen and oxygen atoms in total. The second-order valence-electron chi connectivity index (χ2n) is 5.59. The maximum absolute atomic E-state index is 4.60. The number of benzene rings is 2. The molecule has 4 aromatic rings. The molecule has 115 valence electrons. The van der Waals surface area contributed by atoms with Crippen molar-refractivity contribution in [1.82, 2.24) is 9.97 Å². The fraction of sp³-hybridized carbons (Fsp3) is 0.100. The number of fused-ring (bicyclic) bond motifs is 3. The van der Waals surface area contributed by atoms with E-state index in [1.807, 2.05) is 18.5 Å². The predicted octanol–water partition coefficient (Wildman–Crippen LogP) is 4.86. The van der Waals surface area contributed by atoms with Crippen LogP contribution in [0.5, 0.6) is 0 Å². The van der Waals surface area contributed by atoms with Crippen molar-refractivity contribution >= 4 is 21.5 Å². The van der Waals surface area contributed by atoms with E-state index in [0.717, 1.165) is 22.3 Å². The molecule has 2 aromatic heterocycles. The molecule has 23 heavy (non-hydrogen) atoms. The zero-order valence-corrected chi connectivity index (χ0v) is 15.3. The van der Waals surface area contributed by atoms with Crippen molar-refractivity contribution in [3.05, 3.63) is 72.2 Å². The monoisotopic (exact) mass is 476 g/mol. The Bertz CT molecular complexity index is 1010. The van der Waals surface area contributed by atoms with Gasteiger partial charge in [0.25, 0.3) is 0 Å². The summed E-state index contributed by atoms with van der Waals surface area (Å²) in [4.78, 5) is 9.05. The summed E-state index contributed by atoms with van der Waals surface area (Å²) < 4.78 is 0. The Balaban J connectivity index is 0.00000156. The molecule has 0 aliphatic heterocycles. The molecule has 0 saturated heterocycles. The van der Waals surface area contributed by atoms with E-state index in [1.165, 1.54) is 21.7 Å². The van der Waals surface area contributed by atoms with Crippen LogP contribution in [0.25, 0.3) is 32.8 Å². The third-order valence-corrected chi connectivity index (χ3v) is 4.07. The summed E-state index contributed by atoms with van der Waals surface area (Å²) in [7, 11) is 0. The molecule has 0 atom stereocenters. The van der Waals surface area contributed by atoms with Crippen molar-refractivity contribution in [2.45, 2.75) is 13.8 Å². The molecule has 3 heteroatoms. The van der Waals surface area contributed by atoms with Crippen LogP contribution >= 0.6 is 0 Å². The zero-order chi connectivity index (χ0) is 15.1. The van der Waals surface area contributed by atoms with Gasteiger partial charge in [0.2, 0.25) is 0 Å². The molecule has 0 amide bonds. The van der Waals surface area contributed by atoms with Crippen molar-refractivity contribution in [2.24, 2.45) is 0 Å². The molecule has 0 bridgehead atoms. The van der Waals surface area contributed by atoms with Gasteiger partial charge in [-0.15, -0.1) is 35.4 Å². The van der Waals surface area contributed by atoms with Gasteiger partial charge in [-0.2, -0.15) is 0 Å². The maximum atomic E-state index is 4.60. The summed E-state index contributed by atoms with van der Waals surface area (Å²) in [5.41, 5.74) is 4.28. The second kappa shape index (κ2) is 6.19. The van der Waals surface area contributed by atoms with Crippen molar-refractivity contribution < 1.29 is 20.1 Å². The molecule has 0 fully saturated rings.